The molecular weight excluding hydrogens is 759 g/mol. The maximum absolute atomic E-state index is 6.65. The zero-order valence-corrected chi connectivity index (χ0v) is 33.8. The Kier molecular flexibility index (Phi) is 7.58. The number of nitrogens with zero attached hydrogens (tertiary/aromatic N) is 3. The van der Waals surface area contributed by atoms with Gasteiger partial charge in [0.15, 0.2) is 5.84 Å². The van der Waals surface area contributed by atoms with Crippen LogP contribution in [0.5, 0.6) is 0 Å². The molecule has 0 N–H and O–H groups in total. The Bertz CT molecular complexity index is 3920. The number of amidine groups is 1. The Labute approximate surface area is 356 Å². The smallest absolute Gasteiger partial charge is 0.160 e. The van der Waals surface area contributed by atoms with Crippen LogP contribution in [0.1, 0.15) is 30.0 Å². The molecule has 4 heterocycles. The SMILES string of the molecule is CC1C/C=C(\c2c(-n3c4ccccc4c4cc5ccccc5cc43)ccc3oc4ccccc4c23)N=C(c2cccc3ccccc23)N=C1c1ccc2c(c1)oc1ccccc12. The van der Waals surface area contributed by atoms with E-state index >= 15 is 0 Å². The van der Waals surface area contributed by atoms with Crippen molar-refractivity contribution in [1.82, 2.24) is 4.57 Å². The fraction of sp³-hybridized carbons (Fsp3) is 0.0526. The summed E-state index contributed by atoms with van der Waals surface area (Å²) in [5, 5.41) is 11.3. The van der Waals surface area contributed by atoms with Crippen molar-refractivity contribution < 1.29 is 8.83 Å². The number of hydrogen-bond acceptors (Lipinski definition) is 4. The molecule has 3 aromatic heterocycles. The lowest BCUT2D eigenvalue weighted by Crippen LogP contribution is -2.17. The number of hydrogen-bond donors (Lipinski definition) is 0. The van der Waals surface area contributed by atoms with Crippen molar-refractivity contribution in [3.05, 3.63) is 205 Å². The van der Waals surface area contributed by atoms with Gasteiger partial charge < -0.3 is 13.4 Å². The van der Waals surface area contributed by atoms with Gasteiger partial charge in [-0.3, -0.25) is 0 Å². The average molecular weight is 796 g/mol. The van der Waals surface area contributed by atoms with Gasteiger partial charge in [0.05, 0.1) is 28.1 Å². The van der Waals surface area contributed by atoms with Crippen LogP contribution in [0.3, 0.4) is 0 Å². The molecule has 12 aromatic rings. The molecule has 1 atom stereocenters. The van der Waals surface area contributed by atoms with Crippen LogP contribution in [0.2, 0.25) is 0 Å². The lowest BCUT2D eigenvalue weighted by atomic mass is 9.92. The summed E-state index contributed by atoms with van der Waals surface area (Å²) < 4.78 is 15.5. The minimum Gasteiger partial charge on any atom is -0.456 e. The van der Waals surface area contributed by atoms with Crippen LogP contribution in [-0.2, 0) is 0 Å². The van der Waals surface area contributed by atoms with Crippen LogP contribution >= 0.6 is 0 Å². The summed E-state index contributed by atoms with van der Waals surface area (Å²) in [6.45, 7) is 2.27. The number of para-hydroxylation sites is 3. The standard InChI is InChI=1S/C57H37N3O2/c1-34-25-28-46(58-57(43-21-12-16-35-13-4-5-17-39(35)43)59-56(34)38-26-27-42-41-19-7-10-23-50(41)62-53(42)33-38)55-48(29-30-52-54(55)44-20-8-11-24-51(44)61-52)60-47-22-9-6-18-40(47)45-31-36-14-2-3-15-37(36)32-49(45)60/h2-24,26-34H,25H2,1H3/b46-28+,58-57?,59-56?. The van der Waals surface area contributed by atoms with E-state index in [0.29, 0.717) is 12.3 Å². The zero-order valence-electron chi connectivity index (χ0n) is 33.8. The van der Waals surface area contributed by atoms with E-state index in [-0.39, 0.29) is 5.92 Å². The quantitative estimate of drug-likeness (QED) is 0.178. The molecule has 0 bridgehead atoms. The first-order valence-electron chi connectivity index (χ1n) is 21.3. The van der Waals surface area contributed by atoms with Crippen molar-refractivity contribution in [2.45, 2.75) is 13.3 Å². The Morgan fingerprint density at radius 2 is 1.15 bits per heavy atom. The maximum atomic E-state index is 6.65. The molecule has 0 spiro atoms. The first-order chi connectivity index (χ1) is 30.6. The molecule has 0 amide bonds. The van der Waals surface area contributed by atoms with Gasteiger partial charge in [0, 0.05) is 54.9 Å². The second-order valence-corrected chi connectivity index (χ2v) is 16.5. The highest BCUT2D eigenvalue weighted by atomic mass is 16.3. The van der Waals surface area contributed by atoms with E-state index in [1.807, 2.05) is 18.2 Å². The lowest BCUT2D eigenvalue weighted by molar-refractivity contribution is 0.668. The van der Waals surface area contributed by atoms with Crippen LogP contribution in [-0.4, -0.2) is 16.1 Å². The van der Waals surface area contributed by atoms with Gasteiger partial charge >= 0.3 is 0 Å². The fourth-order valence-corrected chi connectivity index (χ4v) is 9.91. The highest BCUT2D eigenvalue weighted by molar-refractivity contribution is 6.21. The first kappa shape index (κ1) is 34.8. The van der Waals surface area contributed by atoms with Crippen molar-refractivity contribution in [3.63, 3.8) is 0 Å². The van der Waals surface area contributed by atoms with Crippen LogP contribution in [0, 0.1) is 5.92 Å². The van der Waals surface area contributed by atoms with E-state index in [1.54, 1.807) is 0 Å². The molecule has 1 unspecified atom stereocenters. The van der Waals surface area contributed by atoms with Crippen LogP contribution in [0.25, 0.3) is 98.6 Å². The number of allylic oxidation sites excluding steroid dienone is 1. The van der Waals surface area contributed by atoms with Crippen LogP contribution in [0.4, 0.5) is 0 Å². The molecule has 292 valence electrons. The second-order valence-electron chi connectivity index (χ2n) is 16.5. The molecule has 13 rings (SSSR count). The normalized spacial score (nSPS) is 15.8. The van der Waals surface area contributed by atoms with Gasteiger partial charge in [-0.15, -0.1) is 0 Å². The molecule has 5 nitrogen and oxygen atoms in total. The Balaban J connectivity index is 1.12. The predicted molar refractivity (Wildman–Crippen MR) is 258 cm³/mol. The third-order valence-corrected chi connectivity index (χ3v) is 12.8. The number of aromatic nitrogens is 1. The van der Waals surface area contributed by atoms with Crippen LogP contribution < -0.4 is 0 Å². The lowest BCUT2D eigenvalue weighted by Gasteiger charge is -2.21. The van der Waals surface area contributed by atoms with Crippen LogP contribution in [0.15, 0.2) is 207 Å². The summed E-state index contributed by atoms with van der Waals surface area (Å²) in [6.07, 6.45) is 3.04. The molecular formula is C57H37N3O2. The minimum absolute atomic E-state index is 0.0376. The second kappa shape index (κ2) is 13.5. The molecule has 5 heteroatoms. The molecule has 62 heavy (non-hydrogen) atoms. The predicted octanol–water partition coefficient (Wildman–Crippen LogP) is 15.2. The van der Waals surface area contributed by atoms with E-state index in [2.05, 4.69) is 181 Å². The number of fused-ring (bicyclic) bond motifs is 11. The van der Waals surface area contributed by atoms with Gasteiger partial charge in [-0.05, 0) is 82.6 Å². The molecule has 0 radical (unpaired) electrons. The van der Waals surface area contributed by atoms with E-state index < -0.39 is 0 Å². The van der Waals surface area contributed by atoms with Gasteiger partial charge in [-0.25, -0.2) is 9.98 Å². The number of aliphatic imine (C=N–C) groups is 2. The third kappa shape index (κ3) is 5.28. The average Bonchev–Trinajstić information content (AvgIpc) is 3.98. The van der Waals surface area contributed by atoms with Crippen molar-refractivity contribution in [3.8, 4) is 5.69 Å². The molecule has 0 aliphatic carbocycles. The van der Waals surface area contributed by atoms with Gasteiger partial charge in [0.1, 0.15) is 22.3 Å². The summed E-state index contributed by atoms with van der Waals surface area (Å²) in [7, 11) is 0. The molecule has 0 saturated heterocycles. The van der Waals surface area contributed by atoms with Crippen molar-refractivity contribution >= 4 is 104 Å². The first-order valence-corrected chi connectivity index (χ1v) is 21.3. The Hall–Kier alpha value is -8.02. The maximum Gasteiger partial charge on any atom is 0.160 e. The van der Waals surface area contributed by atoms with E-state index in [4.69, 9.17) is 18.8 Å². The Morgan fingerprint density at radius 1 is 0.484 bits per heavy atom. The summed E-state index contributed by atoms with van der Waals surface area (Å²) in [5.74, 6) is 0.693. The monoisotopic (exact) mass is 795 g/mol. The Morgan fingerprint density at radius 3 is 2.00 bits per heavy atom. The largest absolute Gasteiger partial charge is 0.456 e. The van der Waals surface area contributed by atoms with E-state index in [9.17, 15) is 0 Å². The summed E-state index contributed by atoms with van der Waals surface area (Å²) in [4.78, 5) is 11.4. The number of furan rings is 2. The van der Waals surface area contributed by atoms with Crippen molar-refractivity contribution in [2.75, 3.05) is 0 Å². The van der Waals surface area contributed by atoms with Gasteiger partial charge in [-0.1, -0.05) is 140 Å². The topological polar surface area (TPSA) is 55.9 Å². The fourth-order valence-electron chi connectivity index (χ4n) is 9.91. The highest BCUT2D eigenvalue weighted by Crippen LogP contribution is 2.43. The molecule has 0 fully saturated rings. The minimum atomic E-state index is 0.0376. The molecule has 0 saturated carbocycles. The van der Waals surface area contributed by atoms with Crippen molar-refractivity contribution in [2.24, 2.45) is 15.9 Å². The zero-order chi connectivity index (χ0) is 40.9. The van der Waals surface area contributed by atoms with E-state index in [0.717, 1.165) is 99.5 Å². The van der Waals surface area contributed by atoms with E-state index in [1.165, 1.54) is 21.5 Å². The molecule has 9 aromatic carbocycles. The molecule has 1 aliphatic heterocycles. The van der Waals surface area contributed by atoms with Crippen molar-refractivity contribution in [1.29, 1.82) is 0 Å². The van der Waals surface area contributed by atoms with Gasteiger partial charge in [0.2, 0.25) is 0 Å². The molecule has 1 aliphatic rings. The van der Waals surface area contributed by atoms with Gasteiger partial charge in [0.25, 0.3) is 0 Å². The highest BCUT2D eigenvalue weighted by Gasteiger charge is 2.26. The number of rotatable bonds is 4. The summed E-state index contributed by atoms with van der Waals surface area (Å²) >= 11 is 0. The summed E-state index contributed by atoms with van der Waals surface area (Å²) in [6, 6.07) is 64.4. The third-order valence-electron chi connectivity index (χ3n) is 12.8. The van der Waals surface area contributed by atoms with Gasteiger partial charge in [-0.2, -0.15) is 0 Å². The number of benzene rings is 9. The summed E-state index contributed by atoms with van der Waals surface area (Å²) in [5.41, 5.74) is 11.5.